The van der Waals surface area contributed by atoms with Gasteiger partial charge in [0.25, 0.3) is 0 Å². The summed E-state index contributed by atoms with van der Waals surface area (Å²) in [5.41, 5.74) is 16.8. The zero-order chi connectivity index (χ0) is 29.2. The maximum Gasteiger partial charge on any atom is -0.00137 e. The second-order valence-electron chi connectivity index (χ2n) is 13.2. The Labute approximate surface area is 255 Å². The number of hydrogen-bond donors (Lipinski definition) is 0. The van der Waals surface area contributed by atoms with E-state index in [0.717, 1.165) is 0 Å². The molecule has 0 saturated heterocycles. The van der Waals surface area contributed by atoms with Gasteiger partial charge in [0.2, 0.25) is 0 Å². The minimum Gasteiger partial charge on any atom is -0.0616 e. The highest BCUT2D eigenvalue weighted by atomic mass is 14.3. The third-order valence-electron chi connectivity index (χ3n) is 11.4. The molecule has 2 aliphatic rings. The maximum absolute atomic E-state index is 2.42. The lowest BCUT2D eigenvalue weighted by Gasteiger charge is -2.17. The van der Waals surface area contributed by atoms with Gasteiger partial charge in [0, 0.05) is 0 Å². The van der Waals surface area contributed by atoms with Gasteiger partial charge in [-0.25, -0.2) is 0 Å². The summed E-state index contributed by atoms with van der Waals surface area (Å²) < 4.78 is 0. The summed E-state index contributed by atoms with van der Waals surface area (Å²) in [4.78, 5) is 0. The average Bonchev–Trinajstić information content (AvgIpc) is 3.59. The number of hydrogen-bond acceptors (Lipinski definition) is 0. The Morgan fingerprint density at radius 1 is 0.250 bits per heavy atom. The number of rotatable bonds is 0. The first-order valence-electron chi connectivity index (χ1n) is 15.8. The third kappa shape index (κ3) is 2.38. The normalized spacial score (nSPS) is 13.0. The molecule has 44 heavy (non-hydrogen) atoms. The van der Waals surface area contributed by atoms with E-state index in [0.29, 0.717) is 0 Å². The molecule has 0 heterocycles. The van der Waals surface area contributed by atoms with Gasteiger partial charge in [-0.1, -0.05) is 97.1 Å². The molecule has 204 valence electrons. The van der Waals surface area contributed by atoms with Gasteiger partial charge in [0.15, 0.2) is 0 Å². The van der Waals surface area contributed by atoms with E-state index in [1.54, 1.807) is 0 Å². The topological polar surface area (TPSA) is 0 Å². The first kappa shape index (κ1) is 23.3. The zero-order valence-electron chi connectivity index (χ0n) is 25.2. The number of aryl methyl sites for hydroxylation is 4. The van der Waals surface area contributed by atoms with E-state index in [1.807, 2.05) is 0 Å². The largest absolute Gasteiger partial charge is 0.0616 e. The molecule has 0 nitrogen and oxygen atoms in total. The third-order valence-corrected chi connectivity index (χ3v) is 11.4. The highest BCUT2D eigenvalue weighted by Crippen LogP contribution is 2.58. The van der Waals surface area contributed by atoms with Crippen molar-refractivity contribution in [2.75, 3.05) is 0 Å². The van der Waals surface area contributed by atoms with Crippen LogP contribution in [0.25, 0.3) is 109 Å². The van der Waals surface area contributed by atoms with Gasteiger partial charge in [0.1, 0.15) is 0 Å². The second kappa shape index (κ2) is 7.47. The quantitative estimate of drug-likeness (QED) is 0.129. The van der Waals surface area contributed by atoms with E-state index in [-0.39, 0.29) is 0 Å². The molecule has 0 aromatic heterocycles. The standard InChI is InChI=1S/C44H28/c1-21-25-9-5-6-10-26(25)22(2)38-34-18-14-30-32-16-20-36-40-24(4)28-12-8-7-11-27(28)23(3)39(40)35-19-15-31(42(32)44(35)36)29-13-17-33(37(21)38)43(34)41(29)30/h5-20H,1-4H3. The monoisotopic (exact) mass is 556 g/mol. The van der Waals surface area contributed by atoms with Crippen molar-refractivity contribution in [2.24, 2.45) is 0 Å². The SMILES string of the molecule is Cc1c2c(c(C)c3ccccc13)-c1ccc3c4ccc5c6c(ccc(c7ccc-2c1c73)c64)-c1c-5c(C)c2ccccc2c1C. The summed E-state index contributed by atoms with van der Waals surface area (Å²) in [7, 11) is 0. The molecule has 0 heteroatoms. The number of benzene rings is 9. The summed E-state index contributed by atoms with van der Waals surface area (Å²) in [6, 6.07) is 37.2. The smallest absolute Gasteiger partial charge is 0.00137 e. The molecule has 0 saturated carbocycles. The van der Waals surface area contributed by atoms with Crippen molar-refractivity contribution in [3.63, 3.8) is 0 Å². The van der Waals surface area contributed by atoms with E-state index >= 15 is 0 Å². The predicted molar refractivity (Wildman–Crippen MR) is 190 cm³/mol. The zero-order valence-corrected chi connectivity index (χ0v) is 25.2. The van der Waals surface area contributed by atoms with Crippen molar-refractivity contribution in [1.29, 1.82) is 0 Å². The van der Waals surface area contributed by atoms with Crippen molar-refractivity contribution < 1.29 is 0 Å². The van der Waals surface area contributed by atoms with E-state index in [2.05, 4.69) is 125 Å². The van der Waals surface area contributed by atoms with Gasteiger partial charge in [0.05, 0.1) is 0 Å². The van der Waals surface area contributed by atoms with Crippen LogP contribution >= 0.6 is 0 Å². The van der Waals surface area contributed by atoms with Gasteiger partial charge in [-0.2, -0.15) is 0 Å². The van der Waals surface area contributed by atoms with Crippen LogP contribution in [0.2, 0.25) is 0 Å². The molecule has 0 spiro atoms. The minimum absolute atomic E-state index is 1.37. The highest BCUT2D eigenvalue weighted by Gasteiger charge is 2.31. The molecule has 0 amide bonds. The lowest BCUT2D eigenvalue weighted by atomic mass is 9.86. The summed E-state index contributed by atoms with van der Waals surface area (Å²) in [5.74, 6) is 0. The van der Waals surface area contributed by atoms with Crippen LogP contribution in [0.3, 0.4) is 0 Å². The molecule has 11 rings (SSSR count). The molecule has 0 bridgehead atoms. The molecule has 0 aliphatic heterocycles. The van der Waals surface area contributed by atoms with Gasteiger partial charge < -0.3 is 0 Å². The molecule has 9 aromatic carbocycles. The minimum atomic E-state index is 1.37. The first-order chi connectivity index (χ1) is 21.5. The first-order valence-corrected chi connectivity index (χ1v) is 15.8. The predicted octanol–water partition coefficient (Wildman–Crippen LogP) is 12.6. The Morgan fingerprint density at radius 3 is 0.750 bits per heavy atom. The Balaban J connectivity index is 1.31. The number of fused-ring (bicyclic) bond motifs is 10. The Bertz CT molecular complexity index is 2460. The van der Waals surface area contributed by atoms with Crippen molar-refractivity contribution >= 4 is 64.6 Å². The fourth-order valence-electron chi connectivity index (χ4n) is 9.63. The van der Waals surface area contributed by atoms with Crippen molar-refractivity contribution in [1.82, 2.24) is 0 Å². The van der Waals surface area contributed by atoms with Crippen LogP contribution in [-0.4, -0.2) is 0 Å². The molecular weight excluding hydrogens is 528 g/mol. The maximum atomic E-state index is 2.42. The molecule has 0 fully saturated rings. The van der Waals surface area contributed by atoms with Crippen LogP contribution in [0.5, 0.6) is 0 Å². The fourth-order valence-corrected chi connectivity index (χ4v) is 9.63. The van der Waals surface area contributed by atoms with Crippen molar-refractivity contribution in [3.05, 3.63) is 119 Å². The molecule has 9 aromatic rings. The van der Waals surface area contributed by atoms with Gasteiger partial charge in [-0.15, -0.1) is 0 Å². The Hall–Kier alpha value is -5.20. The van der Waals surface area contributed by atoms with Crippen LogP contribution in [0.4, 0.5) is 0 Å². The van der Waals surface area contributed by atoms with E-state index in [1.165, 1.54) is 131 Å². The molecule has 0 atom stereocenters. The lowest BCUT2D eigenvalue weighted by molar-refractivity contribution is 1.47. The van der Waals surface area contributed by atoms with Crippen LogP contribution in [0.1, 0.15) is 22.3 Å². The summed E-state index contributed by atoms with van der Waals surface area (Å²) in [6.07, 6.45) is 0. The molecule has 2 aliphatic carbocycles. The van der Waals surface area contributed by atoms with Gasteiger partial charge in [-0.3, -0.25) is 0 Å². The van der Waals surface area contributed by atoms with Crippen LogP contribution < -0.4 is 0 Å². The molecule has 0 N–H and O–H groups in total. The Morgan fingerprint density at radius 2 is 0.500 bits per heavy atom. The molecular formula is C44H28. The van der Waals surface area contributed by atoms with Crippen LogP contribution in [-0.2, 0) is 0 Å². The summed E-state index contributed by atoms with van der Waals surface area (Å²) >= 11 is 0. The molecule has 0 radical (unpaired) electrons. The summed E-state index contributed by atoms with van der Waals surface area (Å²) in [6.45, 7) is 9.27. The van der Waals surface area contributed by atoms with Crippen molar-refractivity contribution in [3.8, 4) is 44.5 Å². The van der Waals surface area contributed by atoms with E-state index in [9.17, 15) is 0 Å². The average molecular weight is 557 g/mol. The lowest BCUT2D eigenvalue weighted by Crippen LogP contribution is -1.90. The fraction of sp³-hybridized carbons (Fsp3) is 0.0909. The molecule has 0 unspecified atom stereocenters. The highest BCUT2D eigenvalue weighted by molar-refractivity contribution is 6.40. The van der Waals surface area contributed by atoms with Crippen LogP contribution in [0.15, 0.2) is 97.1 Å². The van der Waals surface area contributed by atoms with Crippen molar-refractivity contribution in [2.45, 2.75) is 27.7 Å². The van der Waals surface area contributed by atoms with Gasteiger partial charge in [-0.05, 0) is 159 Å². The summed E-state index contributed by atoms with van der Waals surface area (Å²) in [5, 5.41) is 16.7. The second-order valence-corrected chi connectivity index (χ2v) is 13.2. The Kier molecular flexibility index (Phi) is 3.95. The van der Waals surface area contributed by atoms with Gasteiger partial charge >= 0.3 is 0 Å². The van der Waals surface area contributed by atoms with E-state index < -0.39 is 0 Å². The van der Waals surface area contributed by atoms with Crippen LogP contribution in [0, 0.1) is 27.7 Å². The van der Waals surface area contributed by atoms with E-state index in [4.69, 9.17) is 0 Å².